The van der Waals surface area contributed by atoms with Crippen molar-refractivity contribution in [3.63, 3.8) is 0 Å². The lowest BCUT2D eigenvalue weighted by molar-refractivity contribution is -0.192. The second kappa shape index (κ2) is 10.3. The number of fused-ring (bicyclic) bond motifs is 3. The quantitative estimate of drug-likeness (QED) is 0.328. The summed E-state index contributed by atoms with van der Waals surface area (Å²) in [6.45, 7) is 5.43. The Labute approximate surface area is 206 Å². The minimum absolute atomic E-state index is 0.307. The van der Waals surface area contributed by atoms with Crippen molar-refractivity contribution in [2.45, 2.75) is 32.5 Å². The Morgan fingerprint density at radius 3 is 2.22 bits per heavy atom. The highest BCUT2D eigenvalue weighted by Gasteiger charge is 2.38. The van der Waals surface area contributed by atoms with Crippen LogP contribution in [-0.2, 0) is 11.2 Å². The van der Waals surface area contributed by atoms with Crippen molar-refractivity contribution in [3.05, 3.63) is 95.7 Å². The molecule has 1 aliphatic rings. The van der Waals surface area contributed by atoms with Crippen LogP contribution in [0.2, 0.25) is 0 Å². The van der Waals surface area contributed by atoms with Gasteiger partial charge in [0.2, 0.25) is 0 Å². The summed E-state index contributed by atoms with van der Waals surface area (Å²) in [5.74, 6) is -1.07. The Kier molecular flexibility index (Phi) is 7.15. The smallest absolute Gasteiger partial charge is 0.475 e. The normalized spacial score (nSPS) is 13.5. The summed E-state index contributed by atoms with van der Waals surface area (Å²) in [7, 11) is 0. The number of carbonyl (C=O) groups is 1. The molecule has 1 aromatic heterocycles. The molecule has 4 aromatic rings. The Bertz CT molecular complexity index is 1360. The van der Waals surface area contributed by atoms with Crippen molar-refractivity contribution < 1.29 is 27.8 Å². The van der Waals surface area contributed by atoms with Gasteiger partial charge in [-0.3, -0.25) is 4.98 Å². The van der Waals surface area contributed by atoms with Gasteiger partial charge < -0.3 is 14.7 Å². The zero-order valence-electron chi connectivity index (χ0n) is 19.8. The molecule has 0 saturated carbocycles. The number of carboxylic acid groups (broad SMARTS) is 1. The van der Waals surface area contributed by atoms with Crippen LogP contribution in [0.25, 0.3) is 10.9 Å². The summed E-state index contributed by atoms with van der Waals surface area (Å²) >= 11 is 0. The number of carboxylic acids is 1. The number of benzene rings is 3. The molecule has 36 heavy (non-hydrogen) atoms. The number of aliphatic carboxylic acids is 1. The molecule has 5 rings (SSSR count). The summed E-state index contributed by atoms with van der Waals surface area (Å²) in [5, 5.41) is 8.29. The molecule has 1 N–H and O–H groups in total. The summed E-state index contributed by atoms with van der Waals surface area (Å²) in [4.78, 5) is 16.3. The van der Waals surface area contributed by atoms with E-state index in [2.05, 4.69) is 61.2 Å². The van der Waals surface area contributed by atoms with Gasteiger partial charge in [0.25, 0.3) is 0 Å². The first-order valence-corrected chi connectivity index (χ1v) is 11.4. The van der Waals surface area contributed by atoms with E-state index in [1.54, 1.807) is 0 Å². The van der Waals surface area contributed by atoms with Crippen LogP contribution in [0, 0.1) is 6.92 Å². The molecule has 1 unspecified atom stereocenters. The Hall–Kier alpha value is -4.07. The van der Waals surface area contributed by atoms with Crippen LogP contribution in [0.1, 0.15) is 29.8 Å². The summed E-state index contributed by atoms with van der Waals surface area (Å²) in [6, 6.07) is 27.2. The number of aromatic nitrogens is 1. The van der Waals surface area contributed by atoms with Gasteiger partial charge >= 0.3 is 12.1 Å². The number of aryl methyl sites for hydroxylation is 1. The number of halogens is 3. The van der Waals surface area contributed by atoms with Crippen LogP contribution < -0.4 is 9.64 Å². The van der Waals surface area contributed by atoms with E-state index in [0.717, 1.165) is 35.7 Å². The van der Waals surface area contributed by atoms with Gasteiger partial charge in [-0.05, 0) is 61.7 Å². The number of anilines is 1. The molecule has 0 radical (unpaired) electrons. The van der Waals surface area contributed by atoms with Gasteiger partial charge in [0.05, 0.1) is 17.2 Å². The first-order valence-electron chi connectivity index (χ1n) is 11.4. The minimum atomic E-state index is -5.08. The van der Waals surface area contributed by atoms with E-state index in [4.69, 9.17) is 19.6 Å². The molecule has 1 atom stereocenters. The van der Waals surface area contributed by atoms with Crippen molar-refractivity contribution in [1.82, 2.24) is 4.98 Å². The van der Waals surface area contributed by atoms with Crippen LogP contribution >= 0.6 is 0 Å². The molecule has 0 fully saturated rings. The molecule has 186 valence electrons. The maximum atomic E-state index is 10.6. The Morgan fingerprint density at radius 1 is 1.00 bits per heavy atom. The molecular formula is C28H25F3N2O3. The number of pyridine rings is 1. The Balaban J connectivity index is 0.000000384. The summed E-state index contributed by atoms with van der Waals surface area (Å²) < 4.78 is 37.8. The fourth-order valence-electron chi connectivity index (χ4n) is 4.34. The van der Waals surface area contributed by atoms with Crippen LogP contribution in [0.5, 0.6) is 11.5 Å². The SMILES string of the molecule is Cc1nc2ccc(Oc3ccccc3)cc2c2c1CCN2C(C)c1ccccc1.O=C(O)C(F)(F)F. The van der Waals surface area contributed by atoms with Gasteiger partial charge in [-0.25, -0.2) is 4.79 Å². The topological polar surface area (TPSA) is 62.7 Å². The van der Waals surface area contributed by atoms with Gasteiger partial charge in [0, 0.05) is 17.6 Å². The number of para-hydroxylation sites is 1. The minimum Gasteiger partial charge on any atom is -0.475 e. The average Bonchev–Trinajstić information content (AvgIpc) is 3.31. The third-order valence-electron chi connectivity index (χ3n) is 6.09. The number of rotatable bonds is 4. The lowest BCUT2D eigenvalue weighted by Crippen LogP contribution is -2.24. The third kappa shape index (κ3) is 5.43. The number of hydrogen-bond acceptors (Lipinski definition) is 4. The van der Waals surface area contributed by atoms with E-state index in [-0.39, 0.29) is 0 Å². The van der Waals surface area contributed by atoms with Crippen molar-refractivity contribution >= 4 is 22.6 Å². The highest BCUT2D eigenvalue weighted by Crippen LogP contribution is 2.42. The highest BCUT2D eigenvalue weighted by molar-refractivity contribution is 5.96. The predicted molar refractivity (Wildman–Crippen MR) is 133 cm³/mol. The van der Waals surface area contributed by atoms with E-state index in [9.17, 15) is 13.2 Å². The van der Waals surface area contributed by atoms with Crippen LogP contribution in [0.3, 0.4) is 0 Å². The first-order chi connectivity index (χ1) is 17.1. The zero-order chi connectivity index (χ0) is 25.9. The van der Waals surface area contributed by atoms with Gasteiger partial charge in [-0.1, -0.05) is 48.5 Å². The lowest BCUT2D eigenvalue weighted by Gasteiger charge is -2.29. The van der Waals surface area contributed by atoms with E-state index >= 15 is 0 Å². The number of alkyl halides is 3. The maximum absolute atomic E-state index is 10.6. The highest BCUT2D eigenvalue weighted by atomic mass is 19.4. The van der Waals surface area contributed by atoms with E-state index in [0.29, 0.717) is 6.04 Å². The first kappa shape index (κ1) is 25.0. The van der Waals surface area contributed by atoms with Gasteiger partial charge in [0.15, 0.2) is 0 Å². The van der Waals surface area contributed by atoms with Crippen molar-refractivity contribution in [1.29, 1.82) is 0 Å². The fourth-order valence-corrected chi connectivity index (χ4v) is 4.34. The monoisotopic (exact) mass is 494 g/mol. The summed E-state index contributed by atoms with van der Waals surface area (Å²) in [5.41, 5.74) is 6.15. The molecule has 0 amide bonds. The van der Waals surface area contributed by atoms with E-state index in [1.165, 1.54) is 22.2 Å². The second-order valence-corrected chi connectivity index (χ2v) is 8.45. The van der Waals surface area contributed by atoms with Crippen molar-refractivity contribution in [2.24, 2.45) is 0 Å². The predicted octanol–water partition coefficient (Wildman–Crippen LogP) is 7.09. The molecule has 3 aromatic carbocycles. The molecule has 2 heterocycles. The van der Waals surface area contributed by atoms with Gasteiger partial charge in [0.1, 0.15) is 11.5 Å². The van der Waals surface area contributed by atoms with Crippen LogP contribution in [-0.4, -0.2) is 28.8 Å². The van der Waals surface area contributed by atoms with Gasteiger partial charge in [-0.15, -0.1) is 0 Å². The molecular weight excluding hydrogens is 469 g/mol. The Morgan fingerprint density at radius 2 is 1.61 bits per heavy atom. The van der Waals surface area contributed by atoms with E-state index in [1.807, 2.05) is 36.4 Å². The van der Waals surface area contributed by atoms with E-state index < -0.39 is 12.1 Å². The summed E-state index contributed by atoms with van der Waals surface area (Å²) in [6.07, 6.45) is -4.05. The number of hydrogen-bond donors (Lipinski definition) is 1. The number of ether oxygens (including phenoxy) is 1. The van der Waals surface area contributed by atoms with Crippen LogP contribution in [0.15, 0.2) is 78.9 Å². The van der Waals surface area contributed by atoms with Crippen molar-refractivity contribution in [3.8, 4) is 11.5 Å². The molecule has 0 saturated heterocycles. The third-order valence-corrected chi connectivity index (χ3v) is 6.09. The second-order valence-electron chi connectivity index (χ2n) is 8.45. The average molecular weight is 495 g/mol. The molecule has 1 aliphatic heterocycles. The molecule has 0 spiro atoms. The standard InChI is InChI=1S/C26H24N2O.C2HF3O2/c1-18-23-15-16-28(19(2)20-9-5-3-6-10-20)26(23)24-17-22(13-14-25(24)27-18)29-21-11-7-4-8-12-21;3-2(4,5)1(6)7/h3-14,17,19H,15-16H2,1-2H3;(H,6,7). The molecule has 8 heteroatoms. The largest absolute Gasteiger partial charge is 0.490 e. The fraction of sp³-hybridized carbons (Fsp3) is 0.214. The molecule has 5 nitrogen and oxygen atoms in total. The molecule has 0 bridgehead atoms. The maximum Gasteiger partial charge on any atom is 0.490 e. The molecule has 0 aliphatic carbocycles. The lowest BCUT2D eigenvalue weighted by atomic mass is 10.0. The van der Waals surface area contributed by atoms with Gasteiger partial charge in [-0.2, -0.15) is 13.2 Å². The number of nitrogens with zero attached hydrogens (tertiary/aromatic N) is 2. The van der Waals surface area contributed by atoms with Crippen molar-refractivity contribution in [2.75, 3.05) is 11.4 Å². The van der Waals surface area contributed by atoms with Crippen LogP contribution in [0.4, 0.5) is 18.9 Å². The zero-order valence-corrected chi connectivity index (χ0v) is 19.8.